The number of halogens is 1. The molecule has 9 heteroatoms. The highest BCUT2D eigenvalue weighted by Gasteiger charge is 2.25. The molecule has 2 amide bonds. The van der Waals surface area contributed by atoms with E-state index >= 15 is 0 Å². The van der Waals surface area contributed by atoms with Crippen LogP contribution in [-0.4, -0.2) is 27.5 Å². The molecule has 1 aliphatic heterocycles. The number of nitrogens with zero attached hydrogens (tertiary/aromatic N) is 3. The van der Waals surface area contributed by atoms with Gasteiger partial charge in [-0.2, -0.15) is 5.10 Å². The van der Waals surface area contributed by atoms with Crippen LogP contribution in [0.15, 0.2) is 53.6 Å². The number of benzene rings is 2. The number of amides is 2. The molecular formula is C19H17FN4O4. The van der Waals surface area contributed by atoms with Gasteiger partial charge in [-0.3, -0.25) is 19.7 Å². The molecular weight excluding hydrogens is 367 g/mol. The summed E-state index contributed by atoms with van der Waals surface area (Å²) in [5, 5.41) is 18.9. The van der Waals surface area contributed by atoms with Crippen LogP contribution in [0, 0.1) is 15.9 Å². The van der Waals surface area contributed by atoms with Crippen molar-refractivity contribution in [2.45, 2.75) is 25.9 Å². The molecule has 0 radical (unpaired) electrons. The summed E-state index contributed by atoms with van der Waals surface area (Å²) in [4.78, 5) is 35.0. The Hall–Kier alpha value is -3.62. The Morgan fingerprint density at radius 1 is 1.18 bits per heavy atom. The highest BCUT2D eigenvalue weighted by molar-refractivity contribution is 6.39. The second-order valence-electron chi connectivity index (χ2n) is 6.19. The number of nitro benzene ring substituents is 1. The smallest absolute Gasteiger partial charge is 0.274 e. The zero-order valence-corrected chi connectivity index (χ0v) is 14.8. The van der Waals surface area contributed by atoms with Gasteiger partial charge >= 0.3 is 0 Å². The van der Waals surface area contributed by atoms with Crippen molar-refractivity contribution >= 4 is 23.2 Å². The van der Waals surface area contributed by atoms with Crippen molar-refractivity contribution in [2.24, 2.45) is 5.10 Å². The number of para-hydroxylation sites is 1. The molecule has 0 aromatic heterocycles. The summed E-state index contributed by atoms with van der Waals surface area (Å²) >= 11 is 0. The molecule has 0 fully saturated rings. The first-order valence-electron chi connectivity index (χ1n) is 8.57. The van der Waals surface area contributed by atoms with Gasteiger partial charge in [0.15, 0.2) is 0 Å². The normalized spacial score (nSPS) is 13.8. The van der Waals surface area contributed by atoms with E-state index in [-0.39, 0.29) is 49.1 Å². The number of rotatable bonds is 6. The standard InChI is InChI=1S/C19H17FN4O4/c20-15-7-5-13(6-8-15)12-23-18(25)10-9-16(22-23)19(26)21-11-14-3-1-2-4-17(14)24(27)28/h1-8H,9-12H2,(H,21,26). The first kappa shape index (κ1) is 19.2. The van der Waals surface area contributed by atoms with Crippen LogP contribution in [0.25, 0.3) is 0 Å². The lowest BCUT2D eigenvalue weighted by Crippen LogP contribution is -2.38. The number of carbonyl (C=O) groups is 2. The van der Waals surface area contributed by atoms with Gasteiger partial charge in [-0.15, -0.1) is 0 Å². The van der Waals surface area contributed by atoms with Crippen LogP contribution >= 0.6 is 0 Å². The molecule has 144 valence electrons. The van der Waals surface area contributed by atoms with E-state index in [1.54, 1.807) is 30.3 Å². The van der Waals surface area contributed by atoms with Crippen molar-refractivity contribution in [1.29, 1.82) is 0 Å². The van der Waals surface area contributed by atoms with Crippen LogP contribution in [0.2, 0.25) is 0 Å². The fourth-order valence-electron chi connectivity index (χ4n) is 2.77. The van der Waals surface area contributed by atoms with Gasteiger partial charge < -0.3 is 5.32 Å². The number of carbonyl (C=O) groups excluding carboxylic acids is 2. The van der Waals surface area contributed by atoms with Crippen molar-refractivity contribution in [3.05, 3.63) is 75.6 Å². The van der Waals surface area contributed by atoms with E-state index in [4.69, 9.17) is 0 Å². The van der Waals surface area contributed by atoms with Gasteiger partial charge in [0.25, 0.3) is 11.6 Å². The molecule has 0 spiro atoms. The quantitative estimate of drug-likeness (QED) is 0.610. The Morgan fingerprint density at radius 2 is 1.89 bits per heavy atom. The number of hydrogen-bond acceptors (Lipinski definition) is 5. The van der Waals surface area contributed by atoms with Gasteiger partial charge in [-0.1, -0.05) is 30.3 Å². The van der Waals surface area contributed by atoms with Crippen molar-refractivity contribution in [2.75, 3.05) is 0 Å². The predicted molar refractivity (Wildman–Crippen MR) is 98.6 cm³/mol. The van der Waals surface area contributed by atoms with Gasteiger partial charge in [0, 0.05) is 31.0 Å². The van der Waals surface area contributed by atoms with Crippen molar-refractivity contribution < 1.29 is 18.9 Å². The monoisotopic (exact) mass is 384 g/mol. The summed E-state index contributed by atoms with van der Waals surface area (Å²) in [6.45, 7) is 0.0982. The molecule has 2 aromatic rings. The van der Waals surface area contributed by atoms with Crippen LogP contribution in [-0.2, 0) is 22.7 Å². The highest BCUT2D eigenvalue weighted by Crippen LogP contribution is 2.18. The Bertz CT molecular complexity index is 943. The van der Waals surface area contributed by atoms with E-state index < -0.39 is 10.8 Å². The third-order valence-electron chi connectivity index (χ3n) is 4.24. The topological polar surface area (TPSA) is 105 Å². The number of hydrazone groups is 1. The zero-order valence-electron chi connectivity index (χ0n) is 14.8. The van der Waals surface area contributed by atoms with Gasteiger partial charge in [-0.25, -0.2) is 9.40 Å². The predicted octanol–water partition coefficient (Wildman–Crippen LogP) is 2.53. The Morgan fingerprint density at radius 3 is 2.61 bits per heavy atom. The molecule has 0 saturated heterocycles. The zero-order chi connectivity index (χ0) is 20.1. The molecule has 0 bridgehead atoms. The summed E-state index contributed by atoms with van der Waals surface area (Å²) < 4.78 is 13.0. The Kier molecular flexibility index (Phi) is 5.73. The second-order valence-corrected chi connectivity index (χ2v) is 6.19. The van der Waals surface area contributed by atoms with Gasteiger partial charge in [0.2, 0.25) is 5.91 Å². The Balaban J connectivity index is 1.68. The van der Waals surface area contributed by atoms with Crippen LogP contribution in [0.4, 0.5) is 10.1 Å². The lowest BCUT2D eigenvalue weighted by atomic mass is 10.1. The first-order valence-corrected chi connectivity index (χ1v) is 8.57. The third kappa shape index (κ3) is 4.56. The summed E-state index contributed by atoms with van der Waals surface area (Å²) in [5.74, 6) is -1.11. The molecule has 8 nitrogen and oxygen atoms in total. The highest BCUT2D eigenvalue weighted by atomic mass is 19.1. The van der Waals surface area contributed by atoms with E-state index in [9.17, 15) is 24.1 Å². The van der Waals surface area contributed by atoms with Crippen molar-refractivity contribution in [1.82, 2.24) is 10.3 Å². The van der Waals surface area contributed by atoms with Crippen LogP contribution in [0.5, 0.6) is 0 Å². The van der Waals surface area contributed by atoms with Crippen molar-refractivity contribution in [3.63, 3.8) is 0 Å². The fraction of sp³-hybridized carbons (Fsp3) is 0.211. The van der Waals surface area contributed by atoms with E-state index in [1.807, 2.05) is 0 Å². The summed E-state index contributed by atoms with van der Waals surface area (Å²) in [6, 6.07) is 11.8. The average molecular weight is 384 g/mol. The molecule has 0 atom stereocenters. The maximum absolute atomic E-state index is 13.0. The minimum Gasteiger partial charge on any atom is -0.347 e. The van der Waals surface area contributed by atoms with E-state index in [2.05, 4.69) is 10.4 Å². The summed E-state index contributed by atoms with van der Waals surface area (Å²) in [6.07, 6.45) is 0.306. The lowest BCUT2D eigenvalue weighted by molar-refractivity contribution is -0.385. The second kappa shape index (κ2) is 8.38. The van der Waals surface area contributed by atoms with Crippen LogP contribution in [0.1, 0.15) is 24.0 Å². The SMILES string of the molecule is O=C(NCc1ccccc1[N+](=O)[O-])C1=NN(Cc2ccc(F)cc2)C(=O)CC1. The van der Waals surface area contributed by atoms with E-state index in [0.717, 1.165) is 0 Å². The maximum Gasteiger partial charge on any atom is 0.274 e. The molecule has 0 aliphatic carbocycles. The summed E-state index contributed by atoms with van der Waals surface area (Å²) in [5.41, 5.74) is 1.14. The largest absolute Gasteiger partial charge is 0.347 e. The van der Waals surface area contributed by atoms with Crippen LogP contribution in [0.3, 0.4) is 0 Å². The average Bonchev–Trinajstić information content (AvgIpc) is 2.69. The molecule has 1 N–H and O–H groups in total. The Labute approximate surface area is 159 Å². The van der Waals surface area contributed by atoms with E-state index in [0.29, 0.717) is 11.1 Å². The van der Waals surface area contributed by atoms with E-state index in [1.165, 1.54) is 23.2 Å². The minimum absolute atomic E-state index is 0.0269. The first-order chi connectivity index (χ1) is 13.4. The fourth-order valence-corrected chi connectivity index (χ4v) is 2.77. The molecule has 0 unspecified atom stereocenters. The molecule has 0 saturated carbocycles. The number of nitrogens with one attached hydrogen (secondary N) is 1. The molecule has 1 heterocycles. The molecule has 1 aliphatic rings. The minimum atomic E-state index is -0.511. The molecule has 28 heavy (non-hydrogen) atoms. The maximum atomic E-state index is 13.0. The third-order valence-corrected chi connectivity index (χ3v) is 4.24. The van der Waals surface area contributed by atoms with Crippen molar-refractivity contribution in [3.8, 4) is 0 Å². The lowest BCUT2D eigenvalue weighted by Gasteiger charge is -2.23. The van der Waals surface area contributed by atoms with Gasteiger partial charge in [0.05, 0.1) is 11.5 Å². The molecule has 3 rings (SSSR count). The van der Waals surface area contributed by atoms with Crippen LogP contribution < -0.4 is 5.32 Å². The number of nitro groups is 1. The molecule has 2 aromatic carbocycles. The van der Waals surface area contributed by atoms with Gasteiger partial charge in [0.1, 0.15) is 11.5 Å². The number of hydrogen-bond donors (Lipinski definition) is 1. The van der Waals surface area contributed by atoms with Gasteiger partial charge in [-0.05, 0) is 17.7 Å². The summed E-state index contributed by atoms with van der Waals surface area (Å²) in [7, 11) is 0.